The van der Waals surface area contributed by atoms with Crippen LogP contribution in [0.15, 0.2) is 4.60 Å². The van der Waals surface area contributed by atoms with Gasteiger partial charge in [-0.15, -0.1) is 5.10 Å². The second-order valence-electron chi connectivity index (χ2n) is 2.53. The molecule has 0 bridgehead atoms. The Morgan fingerprint density at radius 2 is 2.36 bits per heavy atom. The fourth-order valence-electron chi connectivity index (χ4n) is 0.973. The van der Waals surface area contributed by atoms with Gasteiger partial charge in [0.2, 0.25) is 0 Å². The van der Waals surface area contributed by atoms with Crippen molar-refractivity contribution in [2.24, 2.45) is 12.8 Å². The van der Waals surface area contributed by atoms with E-state index < -0.39 is 0 Å². The SMILES string of the molecule is CC(CN)c1c(Br)nnn1C. The smallest absolute Gasteiger partial charge is 0.151 e. The molecule has 1 rings (SSSR count). The molecule has 1 unspecified atom stereocenters. The maximum absolute atomic E-state index is 5.51. The van der Waals surface area contributed by atoms with Crippen LogP contribution in [0.1, 0.15) is 18.5 Å². The van der Waals surface area contributed by atoms with Crippen molar-refractivity contribution in [3.8, 4) is 0 Å². The van der Waals surface area contributed by atoms with Gasteiger partial charge in [0.05, 0.1) is 5.69 Å². The highest BCUT2D eigenvalue weighted by Crippen LogP contribution is 2.20. The van der Waals surface area contributed by atoms with E-state index in [0.717, 1.165) is 10.3 Å². The molecule has 4 nitrogen and oxygen atoms in total. The number of aromatic nitrogens is 3. The molecule has 1 aromatic rings. The summed E-state index contributed by atoms with van der Waals surface area (Å²) in [5.41, 5.74) is 6.56. The Labute approximate surface area is 73.9 Å². The molecule has 0 aliphatic carbocycles. The van der Waals surface area contributed by atoms with Gasteiger partial charge in [0.1, 0.15) is 0 Å². The van der Waals surface area contributed by atoms with E-state index in [9.17, 15) is 0 Å². The maximum Gasteiger partial charge on any atom is 0.151 e. The van der Waals surface area contributed by atoms with Crippen molar-refractivity contribution in [2.75, 3.05) is 6.54 Å². The minimum absolute atomic E-state index is 0.296. The van der Waals surface area contributed by atoms with Crippen LogP contribution in [0.25, 0.3) is 0 Å². The van der Waals surface area contributed by atoms with Gasteiger partial charge in [-0.25, -0.2) is 0 Å². The Morgan fingerprint density at radius 1 is 1.73 bits per heavy atom. The Bertz CT molecular complexity index is 225. The monoisotopic (exact) mass is 218 g/mol. The van der Waals surface area contributed by atoms with Crippen LogP contribution >= 0.6 is 15.9 Å². The van der Waals surface area contributed by atoms with Gasteiger partial charge in [-0.3, -0.25) is 4.68 Å². The van der Waals surface area contributed by atoms with E-state index >= 15 is 0 Å². The van der Waals surface area contributed by atoms with E-state index in [4.69, 9.17) is 5.73 Å². The first-order valence-corrected chi connectivity index (χ1v) is 4.21. The molecule has 0 saturated carbocycles. The van der Waals surface area contributed by atoms with Crippen molar-refractivity contribution in [1.82, 2.24) is 15.0 Å². The van der Waals surface area contributed by atoms with E-state index in [0.29, 0.717) is 12.5 Å². The first-order valence-electron chi connectivity index (χ1n) is 3.42. The summed E-state index contributed by atoms with van der Waals surface area (Å²) in [5, 5.41) is 7.71. The first kappa shape index (κ1) is 8.67. The summed E-state index contributed by atoms with van der Waals surface area (Å²) in [6, 6.07) is 0. The minimum atomic E-state index is 0.296. The fraction of sp³-hybridized carbons (Fsp3) is 0.667. The van der Waals surface area contributed by atoms with Gasteiger partial charge in [-0.05, 0) is 15.9 Å². The van der Waals surface area contributed by atoms with Gasteiger partial charge in [0, 0.05) is 19.5 Å². The summed E-state index contributed by atoms with van der Waals surface area (Å²) in [5.74, 6) is 0.296. The second kappa shape index (κ2) is 3.32. The number of rotatable bonds is 2. The molecule has 0 saturated heterocycles. The average Bonchev–Trinajstić information content (AvgIpc) is 2.30. The highest BCUT2D eigenvalue weighted by Gasteiger charge is 2.13. The van der Waals surface area contributed by atoms with Gasteiger partial charge in [-0.2, -0.15) is 0 Å². The number of nitrogens with two attached hydrogens (primary N) is 1. The topological polar surface area (TPSA) is 56.7 Å². The zero-order valence-corrected chi connectivity index (χ0v) is 8.17. The predicted molar refractivity (Wildman–Crippen MR) is 46.2 cm³/mol. The summed E-state index contributed by atoms with van der Waals surface area (Å²) >= 11 is 3.31. The molecule has 0 fully saturated rings. The Kier molecular flexibility index (Phi) is 2.62. The largest absolute Gasteiger partial charge is 0.330 e. The molecular formula is C6H11BrN4. The summed E-state index contributed by atoms with van der Waals surface area (Å²) in [6.45, 7) is 2.66. The van der Waals surface area contributed by atoms with Crippen LogP contribution in [0.2, 0.25) is 0 Å². The third-order valence-electron chi connectivity index (χ3n) is 1.65. The van der Waals surface area contributed by atoms with Crippen LogP contribution in [0, 0.1) is 0 Å². The lowest BCUT2D eigenvalue weighted by molar-refractivity contribution is 0.628. The number of halogens is 1. The highest BCUT2D eigenvalue weighted by molar-refractivity contribution is 9.10. The van der Waals surface area contributed by atoms with Crippen LogP contribution in [0.3, 0.4) is 0 Å². The standard InChI is InChI=1S/C6H11BrN4/c1-4(3-8)5-6(7)9-10-11(5)2/h4H,3,8H2,1-2H3. The first-order chi connectivity index (χ1) is 5.16. The fourth-order valence-corrected chi connectivity index (χ4v) is 1.69. The maximum atomic E-state index is 5.51. The van der Waals surface area contributed by atoms with Crippen molar-refractivity contribution < 1.29 is 0 Å². The zero-order valence-electron chi connectivity index (χ0n) is 6.58. The molecule has 2 N–H and O–H groups in total. The Morgan fingerprint density at radius 3 is 2.73 bits per heavy atom. The number of nitrogens with zero attached hydrogens (tertiary/aromatic N) is 3. The van der Waals surface area contributed by atoms with Gasteiger partial charge < -0.3 is 5.73 Å². The molecule has 0 radical (unpaired) electrons. The van der Waals surface area contributed by atoms with E-state index in [1.165, 1.54) is 0 Å². The van der Waals surface area contributed by atoms with E-state index in [1.54, 1.807) is 4.68 Å². The van der Waals surface area contributed by atoms with Gasteiger partial charge >= 0.3 is 0 Å². The van der Waals surface area contributed by atoms with Gasteiger partial charge in [0.25, 0.3) is 0 Å². The summed E-state index contributed by atoms with van der Waals surface area (Å²) in [6.07, 6.45) is 0. The van der Waals surface area contributed by atoms with Crippen LogP contribution in [-0.2, 0) is 7.05 Å². The summed E-state index contributed by atoms with van der Waals surface area (Å²) in [4.78, 5) is 0. The average molecular weight is 219 g/mol. The molecule has 0 aromatic carbocycles. The predicted octanol–water partition coefficient (Wildman–Crippen LogP) is 0.640. The molecule has 0 aliphatic heterocycles. The second-order valence-corrected chi connectivity index (χ2v) is 3.28. The normalized spacial score (nSPS) is 13.5. The van der Waals surface area contributed by atoms with E-state index in [2.05, 4.69) is 26.2 Å². The third kappa shape index (κ3) is 1.59. The van der Waals surface area contributed by atoms with Crippen LogP contribution in [-0.4, -0.2) is 21.5 Å². The lowest BCUT2D eigenvalue weighted by atomic mass is 10.1. The van der Waals surface area contributed by atoms with Crippen molar-refractivity contribution >= 4 is 15.9 Å². The van der Waals surface area contributed by atoms with E-state index in [-0.39, 0.29) is 0 Å². The Hall–Kier alpha value is -0.420. The molecule has 0 amide bonds. The minimum Gasteiger partial charge on any atom is -0.330 e. The molecule has 1 atom stereocenters. The quantitative estimate of drug-likeness (QED) is 0.793. The third-order valence-corrected chi connectivity index (χ3v) is 2.21. The molecule has 0 aliphatic rings. The van der Waals surface area contributed by atoms with Crippen molar-refractivity contribution in [2.45, 2.75) is 12.8 Å². The number of hydrogen-bond acceptors (Lipinski definition) is 3. The lowest BCUT2D eigenvalue weighted by Gasteiger charge is -2.07. The Balaban J connectivity index is 3.00. The molecule has 5 heteroatoms. The molecule has 0 spiro atoms. The summed E-state index contributed by atoms with van der Waals surface area (Å²) in [7, 11) is 1.86. The molecule has 11 heavy (non-hydrogen) atoms. The van der Waals surface area contributed by atoms with Crippen molar-refractivity contribution in [3.63, 3.8) is 0 Å². The molecule has 1 heterocycles. The molecule has 62 valence electrons. The summed E-state index contributed by atoms with van der Waals surface area (Å²) < 4.78 is 2.53. The van der Waals surface area contributed by atoms with Crippen molar-refractivity contribution in [1.29, 1.82) is 0 Å². The highest BCUT2D eigenvalue weighted by atomic mass is 79.9. The molecule has 1 aromatic heterocycles. The van der Waals surface area contributed by atoms with Crippen LogP contribution in [0.5, 0.6) is 0 Å². The lowest BCUT2D eigenvalue weighted by Crippen LogP contribution is -2.13. The van der Waals surface area contributed by atoms with Crippen LogP contribution < -0.4 is 5.73 Å². The molecular weight excluding hydrogens is 208 g/mol. The van der Waals surface area contributed by atoms with Gasteiger partial charge in [-0.1, -0.05) is 12.1 Å². The van der Waals surface area contributed by atoms with Crippen molar-refractivity contribution in [3.05, 3.63) is 10.3 Å². The number of hydrogen-bond donors (Lipinski definition) is 1. The van der Waals surface area contributed by atoms with Gasteiger partial charge in [0.15, 0.2) is 4.60 Å². The zero-order chi connectivity index (χ0) is 8.43. The number of aryl methyl sites for hydroxylation is 1. The van der Waals surface area contributed by atoms with Crippen LogP contribution in [0.4, 0.5) is 0 Å². The van der Waals surface area contributed by atoms with E-state index in [1.807, 2.05) is 14.0 Å².